The minimum Gasteiger partial charge on any atom is -0.336 e. The van der Waals surface area contributed by atoms with E-state index < -0.39 is 15.6 Å². The second-order valence-electron chi connectivity index (χ2n) is 7.37. The van der Waals surface area contributed by atoms with Gasteiger partial charge in [0.2, 0.25) is 5.91 Å². The third-order valence-corrected chi connectivity index (χ3v) is 6.58. The van der Waals surface area contributed by atoms with Gasteiger partial charge in [-0.25, -0.2) is 18.4 Å². The summed E-state index contributed by atoms with van der Waals surface area (Å²) in [5.41, 5.74) is 3.11. The third-order valence-electron chi connectivity index (χ3n) is 4.99. The number of nitrogens with zero attached hydrogens (tertiary/aromatic N) is 4. The van der Waals surface area contributed by atoms with Gasteiger partial charge in [0.05, 0.1) is 23.2 Å². The second-order valence-corrected chi connectivity index (χ2v) is 10.6. The molecule has 0 N–H and O–H groups in total. The van der Waals surface area contributed by atoms with Crippen molar-refractivity contribution in [3.8, 4) is 0 Å². The first kappa shape index (κ1) is 19.8. The van der Waals surface area contributed by atoms with Crippen LogP contribution in [0.3, 0.4) is 0 Å². The van der Waals surface area contributed by atoms with Gasteiger partial charge >= 0.3 is 0 Å². The number of carbonyl (C=O) groups excluding carboxylic acids is 1. The zero-order chi connectivity index (χ0) is 20.6. The SMILES string of the molecule is Cc1nc(Cn2ccnc2[C@H]2CN(C(=O)CS(C)(=O)=O)Cc3ccccc32)cs1. The molecule has 3 aromatic rings. The Morgan fingerprint density at radius 3 is 2.83 bits per heavy atom. The third kappa shape index (κ3) is 4.40. The van der Waals surface area contributed by atoms with E-state index in [0.717, 1.165) is 33.9 Å². The summed E-state index contributed by atoms with van der Waals surface area (Å²) >= 11 is 1.61. The number of benzene rings is 1. The first-order valence-corrected chi connectivity index (χ1v) is 12.2. The molecule has 0 aliphatic carbocycles. The monoisotopic (exact) mass is 430 g/mol. The van der Waals surface area contributed by atoms with Crippen molar-refractivity contribution < 1.29 is 13.2 Å². The molecule has 1 aliphatic rings. The van der Waals surface area contributed by atoms with E-state index in [0.29, 0.717) is 19.6 Å². The normalized spacial score (nSPS) is 16.6. The van der Waals surface area contributed by atoms with Crippen molar-refractivity contribution in [3.05, 3.63) is 69.7 Å². The lowest BCUT2D eigenvalue weighted by atomic mass is 9.89. The van der Waals surface area contributed by atoms with Gasteiger partial charge in [0.1, 0.15) is 11.6 Å². The highest BCUT2D eigenvalue weighted by molar-refractivity contribution is 7.91. The summed E-state index contributed by atoms with van der Waals surface area (Å²) in [5.74, 6) is -0.132. The molecule has 4 rings (SSSR count). The largest absolute Gasteiger partial charge is 0.336 e. The predicted octanol–water partition coefficient (Wildman–Crippen LogP) is 2.22. The Labute approximate surface area is 174 Å². The van der Waals surface area contributed by atoms with Crippen molar-refractivity contribution in [3.63, 3.8) is 0 Å². The molecule has 2 aromatic heterocycles. The first-order chi connectivity index (χ1) is 13.8. The van der Waals surface area contributed by atoms with Gasteiger partial charge in [-0.15, -0.1) is 11.3 Å². The van der Waals surface area contributed by atoms with E-state index in [9.17, 15) is 13.2 Å². The van der Waals surface area contributed by atoms with E-state index in [1.54, 1.807) is 22.4 Å². The van der Waals surface area contributed by atoms with Gasteiger partial charge in [0, 0.05) is 37.1 Å². The van der Waals surface area contributed by atoms with Crippen molar-refractivity contribution in [2.45, 2.75) is 25.9 Å². The second kappa shape index (κ2) is 7.72. The van der Waals surface area contributed by atoms with Crippen molar-refractivity contribution in [2.75, 3.05) is 18.6 Å². The zero-order valence-corrected chi connectivity index (χ0v) is 17.9. The van der Waals surface area contributed by atoms with Crippen LogP contribution in [0.25, 0.3) is 0 Å². The number of hydrogen-bond donors (Lipinski definition) is 0. The fourth-order valence-corrected chi connectivity index (χ4v) is 4.99. The first-order valence-electron chi connectivity index (χ1n) is 9.25. The molecule has 0 spiro atoms. The van der Waals surface area contributed by atoms with Crippen LogP contribution in [0.2, 0.25) is 0 Å². The highest BCUT2D eigenvalue weighted by atomic mass is 32.2. The number of aryl methyl sites for hydroxylation is 1. The fraction of sp³-hybridized carbons (Fsp3) is 0.350. The van der Waals surface area contributed by atoms with Crippen molar-refractivity contribution in [2.24, 2.45) is 0 Å². The van der Waals surface area contributed by atoms with Gasteiger partial charge in [-0.1, -0.05) is 24.3 Å². The lowest BCUT2D eigenvalue weighted by Gasteiger charge is -2.34. The lowest BCUT2D eigenvalue weighted by molar-refractivity contribution is -0.129. The molecule has 152 valence electrons. The van der Waals surface area contributed by atoms with E-state index >= 15 is 0 Å². The Morgan fingerprint density at radius 2 is 2.10 bits per heavy atom. The summed E-state index contributed by atoms with van der Waals surface area (Å²) in [7, 11) is -3.39. The number of rotatable bonds is 5. The Hall–Kier alpha value is -2.52. The van der Waals surface area contributed by atoms with Gasteiger partial charge in [-0.2, -0.15) is 0 Å². The number of amides is 1. The molecule has 0 bridgehead atoms. The number of fused-ring (bicyclic) bond motifs is 1. The minimum atomic E-state index is -3.39. The maximum Gasteiger partial charge on any atom is 0.238 e. The molecule has 1 atom stereocenters. The molecule has 0 saturated carbocycles. The fourth-order valence-electron chi connectivity index (χ4n) is 3.75. The standard InChI is InChI=1S/C20H22N4O3S2/c1-14-22-16(12-28-14)10-23-8-7-21-20(23)18-11-24(19(25)13-29(2,26)27)9-15-5-3-4-6-17(15)18/h3-8,12,18H,9-11,13H2,1-2H3/t18-/m0/s1. The van der Waals surface area contributed by atoms with Crippen LogP contribution in [-0.4, -0.2) is 52.3 Å². The molecule has 1 amide bonds. The molecule has 0 radical (unpaired) electrons. The Kier molecular flexibility index (Phi) is 5.26. The van der Waals surface area contributed by atoms with Crippen LogP contribution in [0.1, 0.15) is 33.6 Å². The van der Waals surface area contributed by atoms with Crippen molar-refractivity contribution in [1.82, 2.24) is 19.4 Å². The maximum absolute atomic E-state index is 12.6. The van der Waals surface area contributed by atoms with Crippen LogP contribution in [0.15, 0.2) is 42.0 Å². The summed E-state index contributed by atoms with van der Waals surface area (Å²) in [4.78, 5) is 23.4. The Balaban J connectivity index is 1.67. The van der Waals surface area contributed by atoms with Gasteiger partial charge < -0.3 is 9.47 Å². The number of aromatic nitrogens is 3. The smallest absolute Gasteiger partial charge is 0.238 e. The molecular formula is C20H22N4O3S2. The molecule has 3 heterocycles. The number of hydrogen-bond acceptors (Lipinski definition) is 6. The van der Waals surface area contributed by atoms with Crippen LogP contribution in [0.5, 0.6) is 0 Å². The van der Waals surface area contributed by atoms with Crippen molar-refractivity contribution >= 4 is 27.1 Å². The summed E-state index contributed by atoms with van der Waals surface area (Å²) in [6.45, 7) is 3.40. The van der Waals surface area contributed by atoms with Gasteiger partial charge in [-0.3, -0.25) is 4.79 Å². The summed E-state index contributed by atoms with van der Waals surface area (Å²) in [5, 5.41) is 3.05. The van der Waals surface area contributed by atoms with E-state index in [4.69, 9.17) is 0 Å². The van der Waals surface area contributed by atoms with E-state index in [2.05, 4.69) is 20.6 Å². The maximum atomic E-state index is 12.6. The van der Waals surface area contributed by atoms with Crippen LogP contribution in [0.4, 0.5) is 0 Å². The lowest BCUT2D eigenvalue weighted by Crippen LogP contribution is -2.41. The molecular weight excluding hydrogens is 408 g/mol. The molecule has 1 aliphatic heterocycles. The number of imidazole rings is 1. The van der Waals surface area contributed by atoms with Gasteiger partial charge in [-0.05, 0) is 18.1 Å². The molecule has 0 unspecified atom stereocenters. The van der Waals surface area contributed by atoms with Gasteiger partial charge in [0.25, 0.3) is 0 Å². The van der Waals surface area contributed by atoms with E-state index in [1.807, 2.05) is 36.7 Å². The number of sulfone groups is 1. The van der Waals surface area contributed by atoms with E-state index in [1.165, 1.54) is 0 Å². The highest BCUT2D eigenvalue weighted by Crippen LogP contribution is 2.33. The average molecular weight is 431 g/mol. The van der Waals surface area contributed by atoms with Crippen molar-refractivity contribution in [1.29, 1.82) is 0 Å². The number of carbonyl (C=O) groups is 1. The summed E-state index contributed by atoms with van der Waals surface area (Å²) in [6.07, 6.45) is 4.77. The molecule has 7 nitrogen and oxygen atoms in total. The molecule has 9 heteroatoms. The number of thiazole rings is 1. The van der Waals surface area contributed by atoms with Crippen LogP contribution in [-0.2, 0) is 27.7 Å². The van der Waals surface area contributed by atoms with E-state index in [-0.39, 0.29) is 11.8 Å². The zero-order valence-electron chi connectivity index (χ0n) is 16.3. The quantitative estimate of drug-likeness (QED) is 0.620. The van der Waals surface area contributed by atoms with Crippen LogP contribution < -0.4 is 0 Å². The Morgan fingerprint density at radius 1 is 1.31 bits per heavy atom. The highest BCUT2D eigenvalue weighted by Gasteiger charge is 2.32. The molecule has 0 fully saturated rings. The topological polar surface area (TPSA) is 85.2 Å². The predicted molar refractivity (Wildman–Crippen MR) is 112 cm³/mol. The van der Waals surface area contributed by atoms with Crippen LogP contribution in [0, 0.1) is 6.92 Å². The summed E-state index contributed by atoms with van der Waals surface area (Å²) in [6, 6.07) is 7.96. The average Bonchev–Trinajstić information content (AvgIpc) is 3.28. The summed E-state index contributed by atoms with van der Waals surface area (Å²) < 4.78 is 25.3. The molecule has 29 heavy (non-hydrogen) atoms. The molecule has 0 saturated heterocycles. The Bertz CT molecular complexity index is 1150. The molecule has 1 aromatic carbocycles. The van der Waals surface area contributed by atoms with Crippen LogP contribution >= 0.6 is 11.3 Å². The van der Waals surface area contributed by atoms with Gasteiger partial charge in [0.15, 0.2) is 9.84 Å². The minimum absolute atomic E-state index is 0.127.